The van der Waals surface area contributed by atoms with Crippen LogP contribution < -0.4 is 0 Å². The minimum Gasteiger partial charge on any atom is -0.450 e. The average molecular weight is 621 g/mol. The normalized spacial score (nSPS) is 13.4. The van der Waals surface area contributed by atoms with Gasteiger partial charge in [-0.1, -0.05) is 140 Å². The Bertz CT molecular complexity index is 671. The summed E-state index contributed by atoms with van der Waals surface area (Å²) >= 11 is 0. The lowest BCUT2D eigenvalue weighted by molar-refractivity contribution is -0.00676. The highest BCUT2D eigenvalue weighted by Crippen LogP contribution is 2.14. The van der Waals surface area contributed by atoms with Gasteiger partial charge < -0.3 is 19.7 Å². The maximum Gasteiger partial charge on any atom is 0.506 e. The zero-order valence-corrected chi connectivity index (χ0v) is 29.0. The first-order valence-corrected chi connectivity index (χ1v) is 18.7. The fraction of sp³-hybridized carbons (Fsp3) is 0.821. The summed E-state index contributed by atoms with van der Waals surface area (Å²) in [7, 11) is 0. The first-order valence-electron chi connectivity index (χ1n) is 18.7. The Morgan fingerprint density at radius 2 is 1.07 bits per heavy atom. The van der Waals surface area contributed by atoms with Crippen molar-refractivity contribution in [3.05, 3.63) is 36.5 Å². The maximum absolute atomic E-state index is 11.1. The van der Waals surface area contributed by atoms with Crippen LogP contribution >= 0.6 is 0 Å². The Kier molecular flexibility index (Phi) is 34.6. The van der Waals surface area contributed by atoms with E-state index in [0.717, 1.165) is 64.2 Å². The van der Waals surface area contributed by atoms with E-state index >= 15 is 0 Å². The van der Waals surface area contributed by atoms with E-state index in [4.69, 9.17) is 14.6 Å². The largest absolute Gasteiger partial charge is 0.506 e. The lowest BCUT2D eigenvalue weighted by Crippen LogP contribution is -2.23. The van der Waals surface area contributed by atoms with Crippen LogP contribution in [0.5, 0.6) is 0 Å². The molecule has 5 nitrogen and oxygen atoms in total. The molecule has 0 aliphatic heterocycles. The molecule has 0 aromatic rings. The second-order valence-corrected chi connectivity index (χ2v) is 12.6. The summed E-state index contributed by atoms with van der Waals surface area (Å²) < 4.78 is 10.8. The van der Waals surface area contributed by atoms with Gasteiger partial charge in [0.05, 0.1) is 12.7 Å². The van der Waals surface area contributed by atoms with E-state index in [1.807, 2.05) is 0 Å². The third-order valence-electron chi connectivity index (χ3n) is 8.17. The van der Waals surface area contributed by atoms with Crippen molar-refractivity contribution in [2.75, 3.05) is 13.2 Å². The molecule has 2 N–H and O–H groups in total. The van der Waals surface area contributed by atoms with Crippen LogP contribution in [0.15, 0.2) is 36.5 Å². The molecular weight excluding hydrogens is 548 g/mol. The van der Waals surface area contributed by atoms with Crippen LogP contribution in [0.4, 0.5) is 4.79 Å². The van der Waals surface area contributed by atoms with Gasteiger partial charge in [-0.3, -0.25) is 0 Å². The predicted octanol–water partition coefficient (Wildman–Crippen LogP) is 12.3. The summed E-state index contributed by atoms with van der Waals surface area (Å²) in [6, 6.07) is 0. The van der Waals surface area contributed by atoms with Gasteiger partial charge in [0.15, 0.2) is 0 Å². The number of hydrogen-bond acceptors (Lipinski definition) is 4. The first-order chi connectivity index (χ1) is 21.6. The minimum atomic E-state index is -1.20. The Morgan fingerprint density at radius 1 is 0.591 bits per heavy atom. The van der Waals surface area contributed by atoms with E-state index in [-0.39, 0.29) is 12.2 Å². The Labute approximate surface area is 273 Å². The van der Waals surface area contributed by atoms with Crippen molar-refractivity contribution < 1.29 is 24.5 Å². The SMILES string of the molecule is CCCCC/C=C\C/C=C\CCCCCCCCC(COCCCCCCCCC=CCC(O)CCCCCC)OC(=O)O. The molecule has 258 valence electrons. The standard InChI is InChI=1S/C39H72O5/c1-3-5-7-9-10-11-12-13-14-15-16-17-20-23-26-30-34-38(44-39(41)42)36-43-35-31-27-24-21-18-19-22-25-29-33-37(40)32-28-8-6-4-2/h10-11,13-14,25,29,37-38,40H,3-9,12,15-24,26-28,30-36H2,1-2H3,(H,41,42)/b11-10-,14-13-,29-25?. The molecule has 0 amide bonds. The van der Waals surface area contributed by atoms with E-state index in [1.54, 1.807) is 0 Å². The van der Waals surface area contributed by atoms with Crippen molar-refractivity contribution in [3.63, 3.8) is 0 Å². The highest BCUT2D eigenvalue weighted by atomic mass is 16.7. The van der Waals surface area contributed by atoms with E-state index in [1.165, 1.54) is 103 Å². The van der Waals surface area contributed by atoms with Crippen LogP contribution in [-0.4, -0.2) is 41.8 Å². The quantitative estimate of drug-likeness (QED) is 0.0425. The lowest BCUT2D eigenvalue weighted by Gasteiger charge is -2.16. The number of aliphatic hydroxyl groups excluding tert-OH is 1. The van der Waals surface area contributed by atoms with Crippen LogP contribution in [0.1, 0.15) is 181 Å². The fourth-order valence-corrected chi connectivity index (χ4v) is 5.36. The molecule has 0 radical (unpaired) electrons. The Hall–Kier alpha value is -1.59. The van der Waals surface area contributed by atoms with Gasteiger partial charge in [0.25, 0.3) is 0 Å². The number of aliphatic hydroxyl groups is 1. The smallest absolute Gasteiger partial charge is 0.450 e. The molecule has 0 saturated heterocycles. The van der Waals surface area contributed by atoms with Crippen LogP contribution in [-0.2, 0) is 9.47 Å². The van der Waals surface area contributed by atoms with Gasteiger partial charge in [-0.25, -0.2) is 4.79 Å². The number of hydrogen-bond donors (Lipinski definition) is 2. The summed E-state index contributed by atoms with van der Waals surface area (Å²) in [6.45, 7) is 5.50. The number of carbonyl (C=O) groups is 1. The number of ether oxygens (including phenoxy) is 2. The molecule has 0 aromatic heterocycles. The molecule has 0 rings (SSSR count). The van der Waals surface area contributed by atoms with Gasteiger partial charge in [-0.2, -0.15) is 0 Å². The van der Waals surface area contributed by atoms with Crippen LogP contribution in [0.25, 0.3) is 0 Å². The highest BCUT2D eigenvalue weighted by molar-refractivity contribution is 5.57. The molecule has 0 saturated carbocycles. The van der Waals surface area contributed by atoms with Gasteiger partial charge in [-0.05, 0) is 77.0 Å². The molecule has 44 heavy (non-hydrogen) atoms. The van der Waals surface area contributed by atoms with E-state index in [2.05, 4.69) is 50.3 Å². The van der Waals surface area contributed by atoms with Crippen LogP contribution in [0.3, 0.4) is 0 Å². The van der Waals surface area contributed by atoms with Crippen LogP contribution in [0.2, 0.25) is 0 Å². The van der Waals surface area contributed by atoms with Gasteiger partial charge in [0.2, 0.25) is 0 Å². The van der Waals surface area contributed by atoms with Crippen molar-refractivity contribution >= 4 is 6.16 Å². The zero-order valence-electron chi connectivity index (χ0n) is 29.0. The Morgan fingerprint density at radius 3 is 1.68 bits per heavy atom. The summed E-state index contributed by atoms with van der Waals surface area (Å²) in [5.41, 5.74) is 0. The molecule has 5 heteroatoms. The van der Waals surface area contributed by atoms with Crippen molar-refractivity contribution in [2.24, 2.45) is 0 Å². The van der Waals surface area contributed by atoms with E-state index < -0.39 is 6.16 Å². The molecule has 0 aliphatic carbocycles. The fourth-order valence-electron chi connectivity index (χ4n) is 5.36. The van der Waals surface area contributed by atoms with Gasteiger partial charge >= 0.3 is 6.16 Å². The maximum atomic E-state index is 11.1. The molecule has 2 atom stereocenters. The van der Waals surface area contributed by atoms with Crippen molar-refractivity contribution in [1.82, 2.24) is 0 Å². The number of unbranched alkanes of at least 4 members (excludes halogenated alkanes) is 18. The number of allylic oxidation sites excluding steroid dienone is 5. The second kappa shape index (κ2) is 35.9. The number of carboxylic acid groups (broad SMARTS) is 1. The topological polar surface area (TPSA) is 76.0 Å². The molecule has 0 fully saturated rings. The summed E-state index contributed by atoms with van der Waals surface area (Å²) in [4.78, 5) is 11.1. The third-order valence-corrected chi connectivity index (χ3v) is 8.17. The highest BCUT2D eigenvalue weighted by Gasteiger charge is 2.13. The second-order valence-electron chi connectivity index (χ2n) is 12.6. The minimum absolute atomic E-state index is 0.174. The van der Waals surface area contributed by atoms with Crippen molar-refractivity contribution in [2.45, 2.75) is 193 Å². The molecule has 0 heterocycles. The molecule has 0 aliphatic rings. The predicted molar refractivity (Wildman–Crippen MR) is 189 cm³/mol. The molecular formula is C39H72O5. The number of rotatable bonds is 34. The molecule has 0 spiro atoms. The van der Waals surface area contributed by atoms with E-state index in [9.17, 15) is 9.90 Å². The van der Waals surface area contributed by atoms with Crippen molar-refractivity contribution in [1.29, 1.82) is 0 Å². The first kappa shape index (κ1) is 42.4. The third kappa shape index (κ3) is 34.9. The monoisotopic (exact) mass is 621 g/mol. The summed E-state index contributed by atoms with van der Waals surface area (Å²) in [5, 5.41) is 19.1. The summed E-state index contributed by atoms with van der Waals surface area (Å²) in [5.74, 6) is 0. The zero-order chi connectivity index (χ0) is 32.2. The Balaban J connectivity index is 3.61. The molecule has 2 unspecified atom stereocenters. The van der Waals surface area contributed by atoms with Crippen molar-refractivity contribution in [3.8, 4) is 0 Å². The van der Waals surface area contributed by atoms with E-state index in [0.29, 0.717) is 13.2 Å². The van der Waals surface area contributed by atoms with Gasteiger partial charge in [0.1, 0.15) is 6.10 Å². The summed E-state index contributed by atoms with van der Waals surface area (Å²) in [6.07, 6.45) is 41.8. The average Bonchev–Trinajstić information content (AvgIpc) is 3.00. The van der Waals surface area contributed by atoms with Gasteiger partial charge in [-0.15, -0.1) is 0 Å². The molecule has 0 bridgehead atoms. The van der Waals surface area contributed by atoms with Gasteiger partial charge in [0, 0.05) is 6.61 Å². The molecule has 0 aromatic carbocycles. The van der Waals surface area contributed by atoms with Crippen LogP contribution in [0, 0.1) is 0 Å². The lowest BCUT2D eigenvalue weighted by atomic mass is 10.1.